The maximum atomic E-state index is 12.2. The number of nitrogens with zero attached hydrogens (tertiary/aromatic N) is 2. The van der Waals surface area contributed by atoms with E-state index in [0.29, 0.717) is 11.8 Å². The van der Waals surface area contributed by atoms with Crippen LogP contribution in [0.5, 0.6) is 6.01 Å². The molecule has 1 aromatic carbocycles. The molecule has 1 amide bonds. The fourth-order valence-electron chi connectivity index (χ4n) is 3.33. The molecule has 0 radical (unpaired) electrons. The van der Waals surface area contributed by atoms with Gasteiger partial charge >= 0.3 is 6.01 Å². The topological polar surface area (TPSA) is 64.1 Å². The van der Waals surface area contributed by atoms with Gasteiger partial charge in [-0.05, 0) is 51.2 Å². The molecule has 1 aliphatic carbocycles. The van der Waals surface area contributed by atoms with Crippen LogP contribution in [-0.2, 0) is 10.5 Å². The molecule has 0 unspecified atom stereocenters. The predicted molar refractivity (Wildman–Crippen MR) is 109 cm³/mol. The summed E-state index contributed by atoms with van der Waals surface area (Å²) in [7, 11) is 0. The number of ether oxygens (including phenoxy) is 1. The maximum Gasteiger partial charge on any atom is 0.317 e. The highest BCUT2D eigenvalue weighted by atomic mass is 32.2. The number of benzene rings is 1. The van der Waals surface area contributed by atoms with Gasteiger partial charge in [0, 0.05) is 23.2 Å². The van der Waals surface area contributed by atoms with Crippen LogP contribution in [0.15, 0.2) is 36.4 Å². The normalized spacial score (nSPS) is 19.5. The van der Waals surface area contributed by atoms with Crippen LogP contribution < -0.4 is 10.1 Å². The van der Waals surface area contributed by atoms with Gasteiger partial charge in [0.25, 0.3) is 0 Å². The quantitative estimate of drug-likeness (QED) is 0.785. The van der Waals surface area contributed by atoms with E-state index in [9.17, 15) is 4.79 Å². The summed E-state index contributed by atoms with van der Waals surface area (Å²) in [6.07, 6.45) is 3.83. The lowest BCUT2D eigenvalue weighted by molar-refractivity contribution is -0.119. The first kappa shape index (κ1) is 19.7. The van der Waals surface area contributed by atoms with Gasteiger partial charge in [-0.15, -0.1) is 11.8 Å². The van der Waals surface area contributed by atoms with Crippen LogP contribution in [0.1, 0.15) is 42.6 Å². The van der Waals surface area contributed by atoms with Crippen molar-refractivity contribution in [3.8, 4) is 6.01 Å². The number of carbonyl (C=O) groups excluding carboxylic acids is 1. The SMILES string of the molecule is Cc1cc(C)nc(OC2CCC(NC(=O)CSCc3ccccc3)CC2)n1. The highest BCUT2D eigenvalue weighted by molar-refractivity contribution is 7.99. The molecule has 2 aromatic rings. The summed E-state index contributed by atoms with van der Waals surface area (Å²) in [5.41, 5.74) is 3.10. The second kappa shape index (κ2) is 9.74. The zero-order valence-electron chi connectivity index (χ0n) is 16.0. The van der Waals surface area contributed by atoms with Crippen LogP contribution >= 0.6 is 11.8 Å². The van der Waals surface area contributed by atoms with E-state index in [0.717, 1.165) is 42.8 Å². The standard InChI is InChI=1S/C21H27N3O2S/c1-15-12-16(2)23-21(22-15)26-19-10-8-18(9-11-19)24-20(25)14-27-13-17-6-4-3-5-7-17/h3-7,12,18-19H,8-11,13-14H2,1-2H3,(H,24,25). The van der Waals surface area contributed by atoms with Gasteiger partial charge in [-0.3, -0.25) is 4.79 Å². The van der Waals surface area contributed by atoms with E-state index in [1.165, 1.54) is 5.56 Å². The Morgan fingerprint density at radius 1 is 1.11 bits per heavy atom. The van der Waals surface area contributed by atoms with Gasteiger partial charge in [-0.1, -0.05) is 30.3 Å². The third-order valence-corrected chi connectivity index (χ3v) is 5.62. The Kier molecular flexibility index (Phi) is 7.10. The zero-order chi connectivity index (χ0) is 19.1. The van der Waals surface area contributed by atoms with Crippen LogP contribution in [0, 0.1) is 13.8 Å². The molecular weight excluding hydrogens is 358 g/mol. The zero-order valence-corrected chi connectivity index (χ0v) is 16.8. The first-order chi connectivity index (χ1) is 13.1. The Hall–Kier alpha value is -2.08. The third kappa shape index (κ3) is 6.54. The van der Waals surface area contributed by atoms with Gasteiger partial charge in [0.15, 0.2) is 0 Å². The van der Waals surface area contributed by atoms with E-state index in [4.69, 9.17) is 4.74 Å². The molecule has 0 saturated heterocycles. The molecule has 0 atom stereocenters. The lowest BCUT2D eigenvalue weighted by atomic mass is 9.93. The van der Waals surface area contributed by atoms with Gasteiger partial charge in [0.05, 0.1) is 5.75 Å². The molecule has 144 valence electrons. The molecule has 5 nitrogen and oxygen atoms in total. The summed E-state index contributed by atoms with van der Waals surface area (Å²) in [5, 5.41) is 3.16. The highest BCUT2D eigenvalue weighted by Crippen LogP contribution is 2.23. The molecular formula is C21H27N3O2S. The Labute approximate surface area is 165 Å². The number of amides is 1. The molecule has 0 bridgehead atoms. The van der Waals surface area contributed by atoms with Gasteiger partial charge < -0.3 is 10.1 Å². The summed E-state index contributed by atoms with van der Waals surface area (Å²) >= 11 is 1.65. The number of rotatable bonds is 7. The van der Waals surface area contributed by atoms with Crippen molar-refractivity contribution in [3.63, 3.8) is 0 Å². The minimum absolute atomic E-state index is 0.123. The van der Waals surface area contributed by atoms with Crippen molar-refractivity contribution in [3.05, 3.63) is 53.3 Å². The monoisotopic (exact) mass is 385 g/mol. The summed E-state index contributed by atoms with van der Waals surface area (Å²) in [6.45, 7) is 3.90. The lowest BCUT2D eigenvalue weighted by Gasteiger charge is -2.29. The number of carbonyl (C=O) groups is 1. The molecule has 6 heteroatoms. The van der Waals surface area contributed by atoms with Crippen molar-refractivity contribution in [2.75, 3.05) is 5.75 Å². The largest absolute Gasteiger partial charge is 0.460 e. The van der Waals surface area contributed by atoms with Gasteiger partial charge in [-0.25, -0.2) is 9.97 Å². The fourth-order valence-corrected chi connectivity index (χ4v) is 4.12. The van der Waals surface area contributed by atoms with Crippen LogP contribution in [-0.4, -0.2) is 33.8 Å². The van der Waals surface area contributed by atoms with Crippen LogP contribution in [0.25, 0.3) is 0 Å². The Balaban J connectivity index is 1.35. The number of aromatic nitrogens is 2. The van der Waals surface area contributed by atoms with Crippen molar-refractivity contribution >= 4 is 17.7 Å². The van der Waals surface area contributed by atoms with E-state index in [2.05, 4.69) is 27.4 Å². The first-order valence-corrected chi connectivity index (χ1v) is 10.6. The number of thioether (sulfide) groups is 1. The van der Waals surface area contributed by atoms with Crippen molar-refractivity contribution in [2.45, 2.75) is 57.4 Å². The number of hydrogen-bond acceptors (Lipinski definition) is 5. The molecule has 1 heterocycles. The molecule has 3 rings (SSSR count). The second-order valence-electron chi connectivity index (χ2n) is 7.07. The smallest absolute Gasteiger partial charge is 0.317 e. The number of hydrogen-bond donors (Lipinski definition) is 1. The minimum Gasteiger partial charge on any atom is -0.460 e. The molecule has 1 aromatic heterocycles. The molecule has 1 saturated carbocycles. The Morgan fingerprint density at radius 3 is 2.44 bits per heavy atom. The van der Waals surface area contributed by atoms with Gasteiger partial charge in [0.1, 0.15) is 6.10 Å². The maximum absolute atomic E-state index is 12.2. The molecule has 27 heavy (non-hydrogen) atoms. The number of aryl methyl sites for hydroxylation is 2. The third-order valence-electron chi connectivity index (χ3n) is 4.62. The van der Waals surface area contributed by atoms with Crippen molar-refractivity contribution < 1.29 is 9.53 Å². The Morgan fingerprint density at radius 2 is 1.78 bits per heavy atom. The van der Waals surface area contributed by atoms with Gasteiger partial charge in [0.2, 0.25) is 5.91 Å². The van der Waals surface area contributed by atoms with E-state index < -0.39 is 0 Å². The average Bonchev–Trinajstić information content (AvgIpc) is 2.63. The number of nitrogens with one attached hydrogen (secondary N) is 1. The molecule has 1 aliphatic rings. The second-order valence-corrected chi connectivity index (χ2v) is 8.06. The van der Waals surface area contributed by atoms with Crippen molar-refractivity contribution in [1.29, 1.82) is 0 Å². The first-order valence-electron chi connectivity index (χ1n) is 9.48. The van der Waals surface area contributed by atoms with Crippen LogP contribution in [0.4, 0.5) is 0 Å². The lowest BCUT2D eigenvalue weighted by Crippen LogP contribution is -2.40. The Bertz CT molecular complexity index is 726. The summed E-state index contributed by atoms with van der Waals surface area (Å²) in [4.78, 5) is 20.9. The van der Waals surface area contributed by atoms with E-state index >= 15 is 0 Å². The summed E-state index contributed by atoms with van der Waals surface area (Å²) in [5.74, 6) is 1.49. The van der Waals surface area contributed by atoms with E-state index in [1.807, 2.05) is 38.1 Å². The van der Waals surface area contributed by atoms with E-state index in [1.54, 1.807) is 11.8 Å². The summed E-state index contributed by atoms with van der Waals surface area (Å²) < 4.78 is 5.95. The van der Waals surface area contributed by atoms with Crippen molar-refractivity contribution in [2.24, 2.45) is 0 Å². The molecule has 1 fully saturated rings. The van der Waals surface area contributed by atoms with Crippen molar-refractivity contribution in [1.82, 2.24) is 15.3 Å². The molecule has 0 aliphatic heterocycles. The molecule has 0 spiro atoms. The highest BCUT2D eigenvalue weighted by Gasteiger charge is 2.24. The average molecular weight is 386 g/mol. The van der Waals surface area contributed by atoms with Crippen LogP contribution in [0.3, 0.4) is 0 Å². The predicted octanol–water partition coefficient (Wildman–Crippen LogP) is 3.83. The minimum atomic E-state index is 0.123. The fraction of sp³-hybridized carbons (Fsp3) is 0.476. The van der Waals surface area contributed by atoms with Crippen LogP contribution in [0.2, 0.25) is 0 Å². The van der Waals surface area contributed by atoms with Gasteiger partial charge in [-0.2, -0.15) is 0 Å². The van der Waals surface area contributed by atoms with E-state index in [-0.39, 0.29) is 18.1 Å². The molecule has 1 N–H and O–H groups in total. The summed E-state index contributed by atoms with van der Waals surface area (Å²) in [6, 6.07) is 12.9.